The highest BCUT2D eigenvalue weighted by atomic mass is 79.9. The molecule has 0 atom stereocenters. The fraction of sp³-hybridized carbons (Fsp3) is 0.167. The lowest BCUT2D eigenvalue weighted by molar-refractivity contribution is 1.08. The van der Waals surface area contributed by atoms with Crippen LogP contribution in [0.4, 0.5) is 5.69 Å². The first-order valence-corrected chi connectivity index (χ1v) is 6.29. The van der Waals surface area contributed by atoms with Crippen LogP contribution in [0.1, 0.15) is 11.3 Å². The Morgan fingerprint density at radius 2 is 2.18 bits per heavy atom. The first-order valence-electron chi connectivity index (χ1n) is 5.11. The number of rotatable bonds is 3. The van der Waals surface area contributed by atoms with Gasteiger partial charge in [0.25, 0.3) is 0 Å². The number of pyridine rings is 2. The molecule has 2 aromatic rings. The summed E-state index contributed by atoms with van der Waals surface area (Å²) >= 11 is 9.19. The molecule has 0 fully saturated rings. The molecule has 2 rings (SSSR count). The van der Waals surface area contributed by atoms with Gasteiger partial charge >= 0.3 is 0 Å². The highest BCUT2D eigenvalue weighted by Gasteiger charge is 2.01. The van der Waals surface area contributed by atoms with Crippen LogP contribution in [0.5, 0.6) is 0 Å². The van der Waals surface area contributed by atoms with Crippen LogP contribution in [0.3, 0.4) is 0 Å². The van der Waals surface area contributed by atoms with E-state index in [2.05, 4.69) is 31.2 Å². The number of aryl methyl sites for hydroxylation is 1. The van der Waals surface area contributed by atoms with Crippen LogP contribution in [0.25, 0.3) is 0 Å². The Hall–Kier alpha value is -1.13. The molecule has 1 N–H and O–H groups in total. The van der Waals surface area contributed by atoms with Gasteiger partial charge in [-0.1, -0.05) is 11.6 Å². The second kappa shape index (κ2) is 5.47. The molecule has 0 saturated carbocycles. The van der Waals surface area contributed by atoms with Gasteiger partial charge in [-0.2, -0.15) is 0 Å². The largest absolute Gasteiger partial charge is 0.379 e. The minimum atomic E-state index is 0.511. The Labute approximate surface area is 113 Å². The van der Waals surface area contributed by atoms with Crippen LogP contribution in [0, 0.1) is 6.92 Å². The quantitative estimate of drug-likeness (QED) is 0.876. The molecule has 0 amide bonds. The Morgan fingerprint density at radius 1 is 1.35 bits per heavy atom. The van der Waals surface area contributed by atoms with E-state index in [4.69, 9.17) is 11.6 Å². The van der Waals surface area contributed by atoms with E-state index in [9.17, 15) is 0 Å². The normalized spacial score (nSPS) is 10.3. The van der Waals surface area contributed by atoms with E-state index in [1.165, 1.54) is 0 Å². The molecule has 0 aliphatic heterocycles. The molecule has 5 heteroatoms. The van der Waals surface area contributed by atoms with Crippen molar-refractivity contribution in [3.63, 3.8) is 0 Å². The maximum Gasteiger partial charge on any atom is 0.129 e. The lowest BCUT2D eigenvalue weighted by Gasteiger charge is -2.09. The van der Waals surface area contributed by atoms with Crippen molar-refractivity contribution < 1.29 is 0 Å². The number of hydrogen-bond acceptors (Lipinski definition) is 3. The van der Waals surface area contributed by atoms with Crippen molar-refractivity contribution >= 4 is 33.2 Å². The van der Waals surface area contributed by atoms with Gasteiger partial charge in [-0.25, -0.2) is 4.98 Å². The Bertz CT molecular complexity index is 531. The summed E-state index contributed by atoms with van der Waals surface area (Å²) in [4.78, 5) is 8.29. The van der Waals surface area contributed by atoms with Gasteiger partial charge in [0.1, 0.15) is 5.15 Å². The zero-order valence-corrected chi connectivity index (χ0v) is 11.6. The number of anilines is 1. The van der Waals surface area contributed by atoms with Gasteiger partial charge in [0.15, 0.2) is 0 Å². The second-order valence-electron chi connectivity index (χ2n) is 3.63. The molecule has 0 aromatic carbocycles. The molecule has 0 saturated heterocycles. The topological polar surface area (TPSA) is 37.8 Å². The molecule has 0 bridgehead atoms. The van der Waals surface area contributed by atoms with Crippen LogP contribution in [0.15, 0.2) is 35.1 Å². The number of aromatic nitrogens is 2. The van der Waals surface area contributed by atoms with Crippen molar-refractivity contribution in [1.82, 2.24) is 9.97 Å². The molecule has 2 aromatic heterocycles. The predicted octanol–water partition coefficient (Wildman–Crippen LogP) is 3.81. The lowest BCUT2D eigenvalue weighted by atomic mass is 10.2. The minimum Gasteiger partial charge on any atom is -0.379 e. The Balaban J connectivity index is 2.07. The van der Waals surface area contributed by atoms with Crippen molar-refractivity contribution in [1.29, 1.82) is 0 Å². The maximum atomic E-state index is 5.80. The highest BCUT2D eigenvalue weighted by molar-refractivity contribution is 9.10. The third-order valence-electron chi connectivity index (χ3n) is 2.30. The summed E-state index contributed by atoms with van der Waals surface area (Å²) in [5, 5.41) is 3.81. The summed E-state index contributed by atoms with van der Waals surface area (Å²) in [7, 11) is 0. The van der Waals surface area contributed by atoms with Gasteiger partial charge in [0.05, 0.1) is 11.4 Å². The summed E-state index contributed by atoms with van der Waals surface area (Å²) < 4.78 is 0.975. The molecule has 3 nitrogen and oxygen atoms in total. The summed E-state index contributed by atoms with van der Waals surface area (Å²) in [6.07, 6.45) is 3.59. The van der Waals surface area contributed by atoms with E-state index in [-0.39, 0.29) is 0 Å². The van der Waals surface area contributed by atoms with Crippen LogP contribution < -0.4 is 5.32 Å². The fourth-order valence-corrected chi connectivity index (χ4v) is 2.07. The molecule has 2 heterocycles. The van der Waals surface area contributed by atoms with E-state index in [1.54, 1.807) is 12.3 Å². The average molecular weight is 313 g/mol. The Morgan fingerprint density at radius 3 is 2.88 bits per heavy atom. The summed E-state index contributed by atoms with van der Waals surface area (Å²) in [6.45, 7) is 2.63. The van der Waals surface area contributed by atoms with Crippen LogP contribution >= 0.6 is 27.5 Å². The smallest absolute Gasteiger partial charge is 0.129 e. The number of nitrogens with zero attached hydrogens (tertiary/aromatic N) is 2. The average Bonchev–Trinajstić information content (AvgIpc) is 2.28. The molecule has 0 spiro atoms. The molecule has 0 aliphatic carbocycles. The van der Waals surface area contributed by atoms with E-state index >= 15 is 0 Å². The van der Waals surface area contributed by atoms with Crippen LogP contribution in [0.2, 0.25) is 5.15 Å². The minimum absolute atomic E-state index is 0.511. The predicted molar refractivity (Wildman–Crippen MR) is 73.2 cm³/mol. The van der Waals surface area contributed by atoms with Gasteiger partial charge < -0.3 is 5.32 Å². The van der Waals surface area contributed by atoms with Crippen molar-refractivity contribution in [2.45, 2.75) is 13.5 Å². The fourth-order valence-electron chi connectivity index (χ4n) is 1.47. The van der Waals surface area contributed by atoms with Gasteiger partial charge in [-0.3, -0.25) is 4.98 Å². The molecule has 0 radical (unpaired) electrons. The third-order valence-corrected chi connectivity index (χ3v) is 2.94. The van der Waals surface area contributed by atoms with E-state index in [0.29, 0.717) is 11.7 Å². The third kappa shape index (κ3) is 3.41. The van der Waals surface area contributed by atoms with Gasteiger partial charge in [0.2, 0.25) is 0 Å². The number of hydrogen-bond donors (Lipinski definition) is 1. The molecule has 0 aliphatic rings. The van der Waals surface area contributed by atoms with E-state index in [1.807, 2.05) is 25.3 Å². The summed E-state index contributed by atoms with van der Waals surface area (Å²) in [6, 6.07) is 5.73. The zero-order chi connectivity index (χ0) is 12.3. The van der Waals surface area contributed by atoms with E-state index in [0.717, 1.165) is 21.4 Å². The first-order chi connectivity index (χ1) is 8.15. The van der Waals surface area contributed by atoms with Crippen molar-refractivity contribution in [2.75, 3.05) is 5.32 Å². The van der Waals surface area contributed by atoms with Crippen LogP contribution in [-0.2, 0) is 6.54 Å². The number of nitrogens with one attached hydrogen (secondary N) is 1. The van der Waals surface area contributed by atoms with Gasteiger partial charge in [-0.05, 0) is 46.6 Å². The summed E-state index contributed by atoms with van der Waals surface area (Å²) in [5.41, 5.74) is 2.98. The second-order valence-corrected chi connectivity index (χ2v) is 4.93. The van der Waals surface area contributed by atoms with Crippen LogP contribution in [-0.4, -0.2) is 9.97 Å². The zero-order valence-electron chi connectivity index (χ0n) is 9.24. The van der Waals surface area contributed by atoms with Gasteiger partial charge in [-0.15, -0.1) is 0 Å². The molecular formula is C12H11BrClN3. The summed E-state index contributed by atoms with van der Waals surface area (Å²) in [5.74, 6) is 0. The molecule has 88 valence electrons. The van der Waals surface area contributed by atoms with Gasteiger partial charge in [0, 0.05) is 23.4 Å². The monoisotopic (exact) mass is 311 g/mol. The van der Waals surface area contributed by atoms with E-state index < -0.39 is 0 Å². The number of halogens is 2. The molecular weight excluding hydrogens is 302 g/mol. The lowest BCUT2D eigenvalue weighted by Crippen LogP contribution is -2.02. The molecule has 0 unspecified atom stereocenters. The molecule has 17 heavy (non-hydrogen) atoms. The first kappa shape index (κ1) is 12.3. The Kier molecular flexibility index (Phi) is 3.97. The highest BCUT2D eigenvalue weighted by Crippen LogP contribution is 2.17. The van der Waals surface area contributed by atoms with Crippen molar-refractivity contribution in [3.05, 3.63) is 51.5 Å². The standard InChI is InChI=1S/C12H11BrClN3/c1-8-11(2-3-12(14)17-8)16-6-9-4-10(13)7-15-5-9/h2-5,7,16H,6H2,1H3. The maximum absolute atomic E-state index is 5.80. The SMILES string of the molecule is Cc1nc(Cl)ccc1NCc1cncc(Br)c1. The van der Waals surface area contributed by atoms with Crippen molar-refractivity contribution in [2.24, 2.45) is 0 Å². The van der Waals surface area contributed by atoms with Crippen molar-refractivity contribution in [3.8, 4) is 0 Å².